The van der Waals surface area contributed by atoms with Crippen molar-refractivity contribution in [3.8, 4) is 0 Å². The van der Waals surface area contributed by atoms with Crippen molar-refractivity contribution in [2.75, 3.05) is 0 Å². The van der Waals surface area contributed by atoms with Gasteiger partial charge in [-0.15, -0.1) is 10.2 Å². The molecular weight excluding hydrogens is 301 g/mol. The lowest BCUT2D eigenvalue weighted by molar-refractivity contribution is 0.579. The lowest BCUT2D eigenvalue weighted by Crippen LogP contribution is -2.12. The third-order valence-electron chi connectivity index (χ3n) is 3.27. The quantitative estimate of drug-likeness (QED) is 0.739. The number of halogens is 2. The van der Waals surface area contributed by atoms with Crippen molar-refractivity contribution in [3.63, 3.8) is 0 Å². The molecule has 5 nitrogen and oxygen atoms in total. The summed E-state index contributed by atoms with van der Waals surface area (Å²) in [5.74, 6) is 0.254. The molecule has 0 aliphatic heterocycles. The van der Waals surface area contributed by atoms with E-state index in [1.54, 1.807) is 15.5 Å². The Hall–Kier alpha value is -1.73. The smallest absolute Gasteiger partial charge is 0.178 e. The maximum atomic E-state index is 13.7. The highest BCUT2D eigenvalue weighted by atomic mass is 35.5. The number of nitrogens with zero attached hydrogens (tertiary/aromatic N) is 4. The van der Waals surface area contributed by atoms with Gasteiger partial charge in [0.25, 0.3) is 0 Å². The van der Waals surface area contributed by atoms with Crippen LogP contribution < -0.4 is 0 Å². The van der Waals surface area contributed by atoms with Crippen LogP contribution in [0.5, 0.6) is 0 Å². The number of H-pyrrole nitrogens is 1. The van der Waals surface area contributed by atoms with Crippen LogP contribution in [0, 0.1) is 10.6 Å². The predicted octanol–water partition coefficient (Wildman–Crippen LogP) is 3.23. The summed E-state index contributed by atoms with van der Waals surface area (Å²) in [6.07, 6.45) is 1.61. The minimum Gasteiger partial charge on any atom is -0.331 e. The number of aryl methyl sites for hydroxylation is 1. The van der Waals surface area contributed by atoms with Gasteiger partial charge in [-0.1, -0.05) is 11.6 Å². The fourth-order valence-electron chi connectivity index (χ4n) is 2.29. The Kier molecular flexibility index (Phi) is 3.10. The van der Waals surface area contributed by atoms with E-state index < -0.39 is 5.82 Å². The number of fused-ring (bicyclic) bond motifs is 1. The minimum absolute atomic E-state index is 0.0622. The number of aromatic nitrogens is 5. The third-order valence-corrected chi connectivity index (χ3v) is 3.85. The number of benzene rings is 1. The van der Waals surface area contributed by atoms with Gasteiger partial charge >= 0.3 is 0 Å². The molecule has 3 aromatic rings. The highest BCUT2D eigenvalue weighted by molar-refractivity contribution is 7.71. The van der Waals surface area contributed by atoms with Crippen LogP contribution in [0.4, 0.5) is 4.39 Å². The van der Waals surface area contributed by atoms with Gasteiger partial charge in [0.15, 0.2) is 10.6 Å². The maximum Gasteiger partial charge on any atom is 0.178 e. The summed E-state index contributed by atoms with van der Waals surface area (Å²) in [5.41, 5.74) is 1.34. The topological polar surface area (TPSA) is 51.4 Å². The Morgan fingerprint density at radius 3 is 2.85 bits per heavy atom. The lowest BCUT2D eigenvalue weighted by atomic mass is 10.2. The molecule has 0 bridgehead atoms. The van der Waals surface area contributed by atoms with Crippen LogP contribution in [0.15, 0.2) is 18.5 Å². The first-order valence-corrected chi connectivity index (χ1v) is 6.71. The van der Waals surface area contributed by atoms with Crippen LogP contribution in [0.3, 0.4) is 0 Å². The van der Waals surface area contributed by atoms with Crippen LogP contribution in [0.2, 0.25) is 5.02 Å². The molecule has 0 aliphatic rings. The SMILES string of the molecule is CC(c1nncn1C)n1c(=S)[nH]c2cc(Cl)c(F)cc21. The molecule has 104 valence electrons. The molecular formula is C12H11ClFN5S. The first kappa shape index (κ1) is 13.3. The number of aromatic amines is 1. The molecule has 8 heteroatoms. The van der Waals surface area contributed by atoms with Crippen molar-refractivity contribution < 1.29 is 4.39 Å². The second-order valence-corrected chi connectivity index (χ2v) is 5.35. The van der Waals surface area contributed by atoms with E-state index in [9.17, 15) is 4.39 Å². The molecule has 1 atom stereocenters. The molecule has 0 saturated carbocycles. The van der Waals surface area contributed by atoms with Gasteiger partial charge in [-0.2, -0.15) is 0 Å². The highest BCUT2D eigenvalue weighted by Crippen LogP contribution is 2.27. The van der Waals surface area contributed by atoms with E-state index in [1.807, 2.05) is 14.0 Å². The fourth-order valence-corrected chi connectivity index (χ4v) is 2.82. The van der Waals surface area contributed by atoms with Crippen molar-refractivity contribution in [1.82, 2.24) is 24.3 Å². The van der Waals surface area contributed by atoms with E-state index in [2.05, 4.69) is 15.2 Å². The molecule has 0 aliphatic carbocycles. The van der Waals surface area contributed by atoms with Gasteiger partial charge in [0.2, 0.25) is 0 Å². The lowest BCUT2D eigenvalue weighted by Gasteiger charge is -2.13. The van der Waals surface area contributed by atoms with Crippen LogP contribution in [0.1, 0.15) is 18.8 Å². The normalized spacial score (nSPS) is 13.0. The number of hydrogen-bond acceptors (Lipinski definition) is 3. The summed E-state index contributed by atoms with van der Waals surface area (Å²) in [4.78, 5) is 3.03. The van der Waals surface area contributed by atoms with Crippen LogP contribution in [-0.4, -0.2) is 24.3 Å². The van der Waals surface area contributed by atoms with Crippen LogP contribution in [0.25, 0.3) is 11.0 Å². The molecule has 0 fully saturated rings. The molecule has 20 heavy (non-hydrogen) atoms. The number of rotatable bonds is 2. The van der Waals surface area contributed by atoms with Crippen LogP contribution in [-0.2, 0) is 7.05 Å². The van der Waals surface area contributed by atoms with E-state index in [4.69, 9.17) is 23.8 Å². The van der Waals surface area contributed by atoms with Gasteiger partial charge in [-0.3, -0.25) is 0 Å². The first-order chi connectivity index (χ1) is 9.49. The summed E-state index contributed by atoms with van der Waals surface area (Å²) in [6.45, 7) is 1.93. The zero-order valence-corrected chi connectivity index (χ0v) is 12.3. The highest BCUT2D eigenvalue weighted by Gasteiger charge is 2.18. The Bertz CT molecular complexity index is 849. The summed E-state index contributed by atoms with van der Waals surface area (Å²) < 4.78 is 17.8. The molecule has 0 saturated heterocycles. The molecule has 0 spiro atoms. The van der Waals surface area contributed by atoms with E-state index in [0.717, 1.165) is 5.82 Å². The molecule has 1 N–H and O–H groups in total. The van der Waals surface area contributed by atoms with E-state index in [1.165, 1.54) is 12.1 Å². The Morgan fingerprint density at radius 2 is 2.20 bits per heavy atom. The first-order valence-electron chi connectivity index (χ1n) is 5.92. The average molecular weight is 312 g/mol. The molecule has 1 aromatic carbocycles. The zero-order valence-electron chi connectivity index (χ0n) is 10.8. The largest absolute Gasteiger partial charge is 0.331 e. The van der Waals surface area contributed by atoms with Gasteiger partial charge in [-0.25, -0.2) is 4.39 Å². The van der Waals surface area contributed by atoms with Crippen molar-refractivity contribution in [2.45, 2.75) is 13.0 Å². The average Bonchev–Trinajstić information content (AvgIpc) is 2.93. The minimum atomic E-state index is -0.480. The van der Waals surface area contributed by atoms with E-state index >= 15 is 0 Å². The Balaban J connectivity index is 2.26. The van der Waals surface area contributed by atoms with Gasteiger partial charge in [0.05, 0.1) is 22.1 Å². The Morgan fingerprint density at radius 1 is 1.45 bits per heavy atom. The number of imidazole rings is 1. The Labute approximate surface area is 124 Å². The summed E-state index contributed by atoms with van der Waals surface area (Å²) >= 11 is 11.1. The predicted molar refractivity (Wildman–Crippen MR) is 76.9 cm³/mol. The summed E-state index contributed by atoms with van der Waals surface area (Å²) in [6, 6.07) is 2.72. The number of nitrogens with one attached hydrogen (secondary N) is 1. The molecule has 2 aromatic heterocycles. The molecule has 2 heterocycles. The van der Waals surface area contributed by atoms with Crippen molar-refractivity contribution >= 4 is 34.9 Å². The summed E-state index contributed by atoms with van der Waals surface area (Å²) in [7, 11) is 1.85. The van der Waals surface area contributed by atoms with Gasteiger partial charge in [-0.05, 0) is 25.2 Å². The zero-order chi connectivity index (χ0) is 14.4. The molecule has 3 rings (SSSR count). The van der Waals surface area contributed by atoms with Crippen molar-refractivity contribution in [1.29, 1.82) is 0 Å². The molecule has 1 unspecified atom stereocenters. The number of hydrogen-bond donors (Lipinski definition) is 1. The molecule has 0 radical (unpaired) electrons. The fraction of sp³-hybridized carbons (Fsp3) is 0.250. The van der Waals surface area contributed by atoms with Gasteiger partial charge in [0.1, 0.15) is 12.1 Å². The standard InChI is InChI=1S/C12H11ClFN5S/c1-6(11-17-15-5-18(11)2)19-10-4-8(14)7(13)3-9(10)16-12(19)20/h3-6H,1-2H3,(H,16,20). The van der Waals surface area contributed by atoms with Crippen molar-refractivity contribution in [2.24, 2.45) is 7.05 Å². The summed E-state index contributed by atoms with van der Waals surface area (Å²) in [5, 5.41) is 7.99. The van der Waals surface area contributed by atoms with Gasteiger partial charge < -0.3 is 14.1 Å². The van der Waals surface area contributed by atoms with Gasteiger partial charge in [0, 0.05) is 13.1 Å². The maximum absolute atomic E-state index is 13.7. The second kappa shape index (κ2) is 4.68. The van der Waals surface area contributed by atoms with Crippen molar-refractivity contribution in [3.05, 3.63) is 39.9 Å². The third kappa shape index (κ3) is 1.94. The van der Waals surface area contributed by atoms with E-state index in [0.29, 0.717) is 15.8 Å². The second-order valence-electron chi connectivity index (χ2n) is 4.56. The van der Waals surface area contributed by atoms with Crippen LogP contribution >= 0.6 is 23.8 Å². The molecule has 0 amide bonds. The monoisotopic (exact) mass is 311 g/mol. The van der Waals surface area contributed by atoms with E-state index in [-0.39, 0.29) is 11.1 Å².